The molecule has 0 aromatic heterocycles. The highest BCUT2D eigenvalue weighted by Gasteiger charge is 2.23. The van der Waals surface area contributed by atoms with Gasteiger partial charge in [0.15, 0.2) is 0 Å². The maximum Gasteiger partial charge on any atom is 0.338 e. The number of hydrogen-bond donors (Lipinski definition) is 0. The summed E-state index contributed by atoms with van der Waals surface area (Å²) >= 11 is 0. The molecule has 0 atom stereocenters. The molecular formula is C38H60O3. The van der Waals surface area contributed by atoms with Crippen LogP contribution in [0.2, 0.25) is 0 Å². The lowest BCUT2D eigenvalue weighted by Crippen LogP contribution is -2.21. The molecule has 41 heavy (non-hydrogen) atoms. The standard InChI is InChI=1S/C38H60O3/c1-3-31-18-26-37(27-19-31)40-28-8-4-5-9-29-41-38(39)36-24-22-35(23-25-36)34-20-16-33(17-21-34)11-7-6-10-32-14-12-30(2)13-15-32/h22-25,31-34,37H,2-21,26-29H2,1H3. The summed E-state index contributed by atoms with van der Waals surface area (Å²) in [5, 5.41) is 0. The Morgan fingerprint density at radius 2 is 1.29 bits per heavy atom. The van der Waals surface area contributed by atoms with E-state index in [0.717, 1.165) is 50.0 Å². The molecule has 3 nitrogen and oxygen atoms in total. The number of esters is 1. The molecule has 0 N–H and O–H groups in total. The van der Waals surface area contributed by atoms with E-state index in [-0.39, 0.29) is 5.97 Å². The number of ether oxygens (including phenoxy) is 2. The Hall–Kier alpha value is -1.61. The number of hydrogen-bond acceptors (Lipinski definition) is 3. The Bertz CT molecular complexity index is 863. The minimum absolute atomic E-state index is 0.176. The van der Waals surface area contributed by atoms with Crippen LogP contribution in [0.5, 0.6) is 0 Å². The van der Waals surface area contributed by atoms with Crippen LogP contribution in [0, 0.1) is 17.8 Å². The van der Waals surface area contributed by atoms with Gasteiger partial charge in [0.2, 0.25) is 0 Å². The third-order valence-electron chi connectivity index (χ3n) is 10.7. The topological polar surface area (TPSA) is 35.5 Å². The molecule has 4 rings (SSSR count). The van der Waals surface area contributed by atoms with Crippen molar-refractivity contribution in [1.82, 2.24) is 0 Å². The van der Waals surface area contributed by atoms with Crippen molar-refractivity contribution in [2.45, 2.75) is 154 Å². The molecule has 3 saturated carbocycles. The van der Waals surface area contributed by atoms with Gasteiger partial charge in [0, 0.05) is 6.61 Å². The lowest BCUT2D eigenvalue weighted by molar-refractivity contribution is 0.0155. The summed E-state index contributed by atoms with van der Waals surface area (Å²) in [7, 11) is 0. The first-order valence-corrected chi connectivity index (χ1v) is 17.7. The van der Waals surface area contributed by atoms with Crippen LogP contribution in [0.4, 0.5) is 0 Å². The number of benzene rings is 1. The third-order valence-corrected chi connectivity index (χ3v) is 10.7. The molecular weight excluding hydrogens is 504 g/mol. The van der Waals surface area contributed by atoms with E-state index in [0.29, 0.717) is 24.2 Å². The van der Waals surface area contributed by atoms with Gasteiger partial charge >= 0.3 is 5.97 Å². The maximum absolute atomic E-state index is 12.5. The molecule has 0 unspecified atom stereocenters. The van der Waals surface area contributed by atoms with Crippen molar-refractivity contribution in [2.24, 2.45) is 17.8 Å². The average molecular weight is 565 g/mol. The van der Waals surface area contributed by atoms with Crippen LogP contribution in [0.1, 0.15) is 164 Å². The number of allylic oxidation sites excluding steroid dienone is 1. The van der Waals surface area contributed by atoms with Crippen molar-refractivity contribution in [3.05, 3.63) is 47.5 Å². The van der Waals surface area contributed by atoms with E-state index >= 15 is 0 Å². The molecule has 3 heteroatoms. The van der Waals surface area contributed by atoms with Crippen LogP contribution < -0.4 is 0 Å². The zero-order valence-electron chi connectivity index (χ0n) is 26.4. The summed E-state index contributed by atoms with van der Waals surface area (Å²) in [6.07, 6.45) is 27.6. The van der Waals surface area contributed by atoms with Crippen molar-refractivity contribution in [3.8, 4) is 0 Å². The molecule has 0 amide bonds. The van der Waals surface area contributed by atoms with Gasteiger partial charge in [0.05, 0.1) is 18.3 Å². The summed E-state index contributed by atoms with van der Waals surface area (Å²) in [6, 6.07) is 8.32. The van der Waals surface area contributed by atoms with Crippen LogP contribution >= 0.6 is 0 Å². The van der Waals surface area contributed by atoms with Gasteiger partial charge in [-0.1, -0.05) is 69.7 Å². The lowest BCUT2D eigenvalue weighted by Gasteiger charge is -2.29. The largest absolute Gasteiger partial charge is 0.462 e. The lowest BCUT2D eigenvalue weighted by atomic mass is 9.76. The molecule has 3 aliphatic rings. The van der Waals surface area contributed by atoms with Gasteiger partial charge in [-0.15, -0.1) is 0 Å². The van der Waals surface area contributed by atoms with Gasteiger partial charge in [0.1, 0.15) is 0 Å². The highest BCUT2D eigenvalue weighted by atomic mass is 16.5. The molecule has 1 aromatic carbocycles. The highest BCUT2D eigenvalue weighted by molar-refractivity contribution is 5.89. The minimum atomic E-state index is -0.176. The van der Waals surface area contributed by atoms with Gasteiger partial charge in [-0.3, -0.25) is 0 Å². The number of unbranched alkanes of at least 4 members (excludes halogenated alkanes) is 4. The highest BCUT2D eigenvalue weighted by Crippen LogP contribution is 2.38. The maximum atomic E-state index is 12.5. The predicted octanol–water partition coefficient (Wildman–Crippen LogP) is 11.0. The van der Waals surface area contributed by atoms with Gasteiger partial charge in [0.25, 0.3) is 0 Å². The van der Waals surface area contributed by atoms with E-state index in [9.17, 15) is 4.79 Å². The molecule has 0 aliphatic heterocycles. The monoisotopic (exact) mass is 564 g/mol. The quantitative estimate of drug-likeness (QED) is 0.114. The molecule has 0 heterocycles. The average Bonchev–Trinajstić information content (AvgIpc) is 3.02. The molecule has 3 fully saturated rings. The first-order valence-electron chi connectivity index (χ1n) is 17.7. The fourth-order valence-electron chi connectivity index (χ4n) is 7.68. The van der Waals surface area contributed by atoms with Crippen LogP contribution in [0.3, 0.4) is 0 Å². The summed E-state index contributed by atoms with van der Waals surface area (Å²) in [4.78, 5) is 12.5. The van der Waals surface area contributed by atoms with Crippen molar-refractivity contribution < 1.29 is 14.3 Å². The van der Waals surface area contributed by atoms with E-state index in [4.69, 9.17) is 9.47 Å². The van der Waals surface area contributed by atoms with Crippen molar-refractivity contribution in [1.29, 1.82) is 0 Å². The molecule has 0 spiro atoms. The fourth-order valence-corrected chi connectivity index (χ4v) is 7.68. The van der Waals surface area contributed by atoms with Crippen molar-refractivity contribution >= 4 is 5.97 Å². The SMILES string of the molecule is C=C1CCC(CCCCC2CCC(c3ccc(C(=O)OCCCCCCOC4CCC(CC)CC4)cc3)CC2)CC1. The van der Waals surface area contributed by atoms with Gasteiger partial charge < -0.3 is 9.47 Å². The van der Waals surface area contributed by atoms with Gasteiger partial charge in [-0.05, 0) is 138 Å². The predicted molar refractivity (Wildman–Crippen MR) is 171 cm³/mol. The second-order valence-electron chi connectivity index (χ2n) is 13.8. The summed E-state index contributed by atoms with van der Waals surface area (Å²) in [6.45, 7) is 7.87. The van der Waals surface area contributed by atoms with E-state index in [2.05, 4.69) is 25.6 Å². The van der Waals surface area contributed by atoms with Crippen molar-refractivity contribution in [2.75, 3.05) is 13.2 Å². The van der Waals surface area contributed by atoms with Crippen molar-refractivity contribution in [3.63, 3.8) is 0 Å². The molecule has 0 radical (unpaired) electrons. The van der Waals surface area contributed by atoms with Crippen LogP contribution in [0.15, 0.2) is 36.4 Å². The Labute approximate surface area is 252 Å². The molecule has 3 aliphatic carbocycles. The second-order valence-corrected chi connectivity index (χ2v) is 13.8. The van der Waals surface area contributed by atoms with Crippen LogP contribution in [-0.2, 0) is 9.47 Å². The number of rotatable bonds is 16. The smallest absolute Gasteiger partial charge is 0.338 e. The van der Waals surface area contributed by atoms with E-state index in [1.165, 1.54) is 120 Å². The third kappa shape index (κ3) is 11.5. The Morgan fingerprint density at radius 1 is 0.707 bits per heavy atom. The number of carbonyl (C=O) groups excluding carboxylic acids is 1. The first-order chi connectivity index (χ1) is 20.1. The van der Waals surface area contributed by atoms with Gasteiger partial charge in [-0.2, -0.15) is 0 Å². The number of carbonyl (C=O) groups is 1. The summed E-state index contributed by atoms with van der Waals surface area (Å²) < 4.78 is 11.7. The molecule has 0 bridgehead atoms. The molecule has 1 aromatic rings. The summed E-state index contributed by atoms with van der Waals surface area (Å²) in [5.74, 6) is 3.29. The first kappa shape index (κ1) is 32.3. The molecule has 230 valence electrons. The normalized spacial score (nSPS) is 25.7. The zero-order chi connectivity index (χ0) is 28.7. The van der Waals surface area contributed by atoms with E-state index in [1.807, 2.05) is 12.1 Å². The minimum Gasteiger partial charge on any atom is -0.462 e. The second kappa shape index (κ2) is 18.1. The fraction of sp³-hybridized carbons (Fsp3) is 0.763. The Morgan fingerprint density at radius 3 is 1.93 bits per heavy atom. The molecule has 0 saturated heterocycles. The van der Waals surface area contributed by atoms with E-state index < -0.39 is 0 Å². The van der Waals surface area contributed by atoms with Crippen LogP contribution in [-0.4, -0.2) is 25.3 Å². The summed E-state index contributed by atoms with van der Waals surface area (Å²) in [5.41, 5.74) is 3.57. The van der Waals surface area contributed by atoms with Gasteiger partial charge in [-0.25, -0.2) is 4.79 Å². The Balaban J connectivity index is 1.00. The zero-order valence-corrected chi connectivity index (χ0v) is 26.4. The van der Waals surface area contributed by atoms with Crippen LogP contribution in [0.25, 0.3) is 0 Å². The Kier molecular flexibility index (Phi) is 14.3. The van der Waals surface area contributed by atoms with E-state index in [1.54, 1.807) is 0 Å².